The number of hydrogen-bond acceptors (Lipinski definition) is 6. The molecule has 2 aliphatic heterocycles. The summed E-state index contributed by atoms with van der Waals surface area (Å²) in [6.07, 6.45) is -6.67. The van der Waals surface area contributed by atoms with E-state index in [1.165, 1.54) is 6.20 Å². The van der Waals surface area contributed by atoms with Gasteiger partial charge in [0, 0.05) is 52.4 Å². The van der Waals surface area contributed by atoms with Crippen LogP contribution < -0.4 is 5.32 Å². The highest BCUT2D eigenvalue weighted by atomic mass is 32.2. The second-order valence-corrected chi connectivity index (χ2v) is 11.2. The molecule has 2 aliphatic rings. The Morgan fingerprint density at radius 1 is 1.00 bits per heavy atom. The lowest BCUT2D eigenvalue weighted by Gasteiger charge is -2.25. The number of ketones is 1. The molecule has 206 valence electrons. The van der Waals surface area contributed by atoms with E-state index in [4.69, 9.17) is 4.74 Å². The van der Waals surface area contributed by atoms with Crippen LogP contribution in [0.5, 0.6) is 0 Å². The van der Waals surface area contributed by atoms with Gasteiger partial charge in [0.1, 0.15) is 0 Å². The number of morpholine rings is 1. The lowest BCUT2D eigenvalue weighted by atomic mass is 9.96. The molecule has 0 aliphatic carbocycles. The first-order chi connectivity index (χ1) is 18.0. The van der Waals surface area contributed by atoms with Crippen LogP contribution in [0.2, 0.25) is 0 Å². The van der Waals surface area contributed by atoms with Crippen LogP contribution in [-0.2, 0) is 17.1 Å². The topological polar surface area (TPSA) is 41.6 Å². The number of ether oxygens (including phenoxy) is 1. The molecule has 0 aromatic heterocycles. The number of hydrogen-bond donors (Lipinski definition) is 1. The van der Waals surface area contributed by atoms with Gasteiger partial charge in [0.25, 0.3) is 0 Å². The van der Waals surface area contributed by atoms with E-state index in [2.05, 4.69) is 5.32 Å². The van der Waals surface area contributed by atoms with E-state index in [-0.39, 0.29) is 6.04 Å². The zero-order chi connectivity index (χ0) is 27.3. The molecule has 0 spiro atoms. The Balaban J connectivity index is 1.67. The van der Waals surface area contributed by atoms with Gasteiger partial charge in [-0.15, -0.1) is 0 Å². The second kappa shape index (κ2) is 12.3. The fourth-order valence-corrected chi connectivity index (χ4v) is 6.44. The van der Waals surface area contributed by atoms with Crippen molar-refractivity contribution in [2.24, 2.45) is 0 Å². The minimum Gasteiger partial charge on any atom is -0.382 e. The van der Waals surface area contributed by atoms with Crippen LogP contribution in [-0.4, -0.2) is 54.5 Å². The number of benzene rings is 2. The van der Waals surface area contributed by atoms with E-state index in [1.54, 1.807) is 29.2 Å². The minimum absolute atomic E-state index is 0.231. The fourth-order valence-electron chi connectivity index (χ4n) is 4.29. The predicted octanol–water partition coefficient (Wildman–Crippen LogP) is 7.21. The standard InChI is InChI=1S/C26H26F6N2O2S2/c27-25(28,29)23-20(21(35)6-9-34-10-12-36-13-11-34)4-5-22(24(23)26(30,31)32)38-19-3-1-2-18(16-19)33-17-7-14-37-15-8-17/h1-6,9,16-17,33H,7-8,10-15H2. The Bertz CT molecular complexity index is 1160. The van der Waals surface area contributed by atoms with Crippen molar-refractivity contribution in [1.82, 2.24) is 4.90 Å². The average molecular weight is 577 g/mol. The fraction of sp³-hybridized carbons (Fsp3) is 0.423. The van der Waals surface area contributed by atoms with Gasteiger partial charge in [-0.1, -0.05) is 17.8 Å². The van der Waals surface area contributed by atoms with Gasteiger partial charge in [-0.05, 0) is 54.7 Å². The first-order valence-corrected chi connectivity index (χ1v) is 14.0. The van der Waals surface area contributed by atoms with E-state index in [1.807, 2.05) is 11.8 Å². The number of anilines is 1. The SMILES string of the molecule is O=C(C=CN1CCOCC1)c1ccc(Sc2cccc(NC3CCSCC3)c2)c(C(F)(F)F)c1C(F)(F)F. The number of alkyl halides is 6. The molecule has 1 N–H and O–H groups in total. The van der Waals surface area contributed by atoms with Crippen molar-refractivity contribution in [3.05, 3.63) is 65.4 Å². The molecule has 0 radical (unpaired) electrons. The summed E-state index contributed by atoms with van der Waals surface area (Å²) in [4.78, 5) is 14.1. The molecule has 2 fully saturated rings. The highest BCUT2D eigenvalue weighted by molar-refractivity contribution is 7.99. The Morgan fingerprint density at radius 2 is 1.68 bits per heavy atom. The molecular weight excluding hydrogens is 550 g/mol. The van der Waals surface area contributed by atoms with Crippen LogP contribution in [0.15, 0.2) is 58.5 Å². The van der Waals surface area contributed by atoms with Crippen molar-refractivity contribution in [3.63, 3.8) is 0 Å². The van der Waals surface area contributed by atoms with Gasteiger partial charge in [0.15, 0.2) is 5.78 Å². The van der Waals surface area contributed by atoms with Crippen molar-refractivity contribution < 1.29 is 35.9 Å². The van der Waals surface area contributed by atoms with Crippen LogP contribution in [0.25, 0.3) is 0 Å². The third kappa shape index (κ3) is 7.41. The molecule has 4 nitrogen and oxygen atoms in total. The largest absolute Gasteiger partial charge is 0.418 e. The molecular formula is C26H26F6N2O2S2. The monoisotopic (exact) mass is 576 g/mol. The van der Waals surface area contributed by atoms with E-state index in [9.17, 15) is 31.1 Å². The van der Waals surface area contributed by atoms with Crippen molar-refractivity contribution in [2.45, 2.75) is 41.0 Å². The molecule has 0 amide bonds. The van der Waals surface area contributed by atoms with E-state index >= 15 is 0 Å². The number of allylic oxidation sites excluding steroid dienone is 1. The molecule has 2 aromatic carbocycles. The highest BCUT2D eigenvalue weighted by Crippen LogP contribution is 2.48. The van der Waals surface area contributed by atoms with E-state index in [0.717, 1.165) is 42.6 Å². The van der Waals surface area contributed by atoms with Crippen molar-refractivity contribution >= 4 is 35.0 Å². The van der Waals surface area contributed by atoms with Crippen LogP contribution >= 0.6 is 23.5 Å². The van der Waals surface area contributed by atoms with Gasteiger partial charge in [-0.25, -0.2) is 0 Å². The third-order valence-electron chi connectivity index (χ3n) is 6.14. The highest BCUT2D eigenvalue weighted by Gasteiger charge is 2.47. The molecule has 12 heteroatoms. The van der Waals surface area contributed by atoms with Crippen LogP contribution in [0.4, 0.5) is 32.0 Å². The maximum absolute atomic E-state index is 14.2. The van der Waals surface area contributed by atoms with Crippen molar-refractivity contribution in [3.8, 4) is 0 Å². The summed E-state index contributed by atoms with van der Waals surface area (Å²) in [7, 11) is 0. The molecule has 0 saturated carbocycles. The van der Waals surface area contributed by atoms with Gasteiger partial charge < -0.3 is 15.0 Å². The third-order valence-corrected chi connectivity index (χ3v) is 8.23. The second-order valence-electron chi connectivity index (χ2n) is 8.85. The lowest BCUT2D eigenvalue weighted by Crippen LogP contribution is -2.32. The summed E-state index contributed by atoms with van der Waals surface area (Å²) in [6.45, 7) is 1.61. The quantitative estimate of drug-likeness (QED) is 0.213. The van der Waals surface area contributed by atoms with Gasteiger partial charge in [-0.2, -0.15) is 38.1 Å². The minimum atomic E-state index is -5.40. The summed E-state index contributed by atoms with van der Waals surface area (Å²) in [5.41, 5.74) is -4.18. The first kappa shape index (κ1) is 28.7. The van der Waals surface area contributed by atoms with Crippen LogP contribution in [0.1, 0.15) is 34.3 Å². The Morgan fingerprint density at radius 3 is 2.34 bits per heavy atom. The summed E-state index contributed by atoms with van der Waals surface area (Å²) in [5, 5.41) is 3.36. The maximum Gasteiger partial charge on any atom is 0.418 e. The smallest absolute Gasteiger partial charge is 0.382 e. The first-order valence-electron chi connectivity index (χ1n) is 12.0. The molecule has 2 heterocycles. The number of carbonyl (C=O) groups excluding carboxylic acids is 1. The molecule has 2 saturated heterocycles. The van der Waals surface area contributed by atoms with Gasteiger partial charge in [0.2, 0.25) is 0 Å². The van der Waals surface area contributed by atoms with E-state index in [0.29, 0.717) is 48.6 Å². The van der Waals surface area contributed by atoms with Gasteiger partial charge >= 0.3 is 12.4 Å². The Hall–Kier alpha value is -2.31. The number of halogens is 6. The predicted molar refractivity (Wildman–Crippen MR) is 137 cm³/mol. The van der Waals surface area contributed by atoms with Gasteiger partial charge in [-0.3, -0.25) is 4.79 Å². The molecule has 0 bridgehead atoms. The van der Waals surface area contributed by atoms with Crippen LogP contribution in [0, 0.1) is 0 Å². The molecule has 0 atom stereocenters. The molecule has 38 heavy (non-hydrogen) atoms. The van der Waals surface area contributed by atoms with Crippen LogP contribution in [0.3, 0.4) is 0 Å². The normalized spacial score (nSPS) is 17.7. The van der Waals surface area contributed by atoms with Gasteiger partial charge in [0.05, 0.1) is 24.3 Å². The zero-order valence-corrected chi connectivity index (χ0v) is 21.8. The number of nitrogens with one attached hydrogen (secondary N) is 1. The summed E-state index contributed by atoms with van der Waals surface area (Å²) >= 11 is 2.44. The Kier molecular flexibility index (Phi) is 9.25. The summed E-state index contributed by atoms with van der Waals surface area (Å²) in [6, 6.07) is 8.60. The summed E-state index contributed by atoms with van der Waals surface area (Å²) < 4.78 is 90.0. The zero-order valence-electron chi connectivity index (χ0n) is 20.2. The number of rotatable bonds is 7. The molecule has 0 unspecified atom stereocenters. The molecule has 2 aromatic rings. The van der Waals surface area contributed by atoms with Crippen molar-refractivity contribution in [1.29, 1.82) is 0 Å². The average Bonchev–Trinajstić information content (AvgIpc) is 2.87. The summed E-state index contributed by atoms with van der Waals surface area (Å²) in [5.74, 6) is 0.866. The lowest BCUT2D eigenvalue weighted by molar-refractivity contribution is -0.163. The number of thioether (sulfide) groups is 1. The van der Waals surface area contributed by atoms with E-state index < -0.39 is 39.7 Å². The Labute approximate surface area is 225 Å². The molecule has 4 rings (SSSR count). The van der Waals surface area contributed by atoms with Crippen molar-refractivity contribution in [2.75, 3.05) is 43.1 Å². The number of nitrogens with zero attached hydrogens (tertiary/aromatic N) is 1. The number of carbonyl (C=O) groups is 1. The maximum atomic E-state index is 14.2.